The van der Waals surface area contributed by atoms with Crippen LogP contribution in [0.1, 0.15) is 112 Å². The molecule has 0 nitrogen and oxygen atoms in total. The molecule has 20 heavy (non-hydrogen) atoms. The second-order valence-electron chi connectivity index (χ2n) is 7.34. The molecule has 0 radical (unpaired) electrons. The quantitative estimate of drug-likeness (QED) is 0.287. The van der Waals surface area contributed by atoms with Crippen molar-refractivity contribution in [3.8, 4) is 0 Å². The van der Waals surface area contributed by atoms with Crippen molar-refractivity contribution in [1.29, 1.82) is 0 Å². The average Bonchev–Trinajstić information content (AvgIpc) is 2.44. The Morgan fingerprint density at radius 3 is 1.60 bits per heavy atom. The lowest BCUT2D eigenvalue weighted by atomic mass is 9.87. The molecule has 0 saturated carbocycles. The molecule has 122 valence electrons. The molecule has 0 heterocycles. The van der Waals surface area contributed by atoms with Crippen LogP contribution in [0.15, 0.2) is 0 Å². The molecule has 0 fully saturated rings. The monoisotopic (exact) mass is 282 g/mol. The number of hydrogen-bond acceptors (Lipinski definition) is 0. The summed E-state index contributed by atoms with van der Waals surface area (Å²) in [5.74, 6) is 2.83. The highest BCUT2D eigenvalue weighted by molar-refractivity contribution is 4.62. The molecule has 0 saturated heterocycles. The van der Waals surface area contributed by atoms with E-state index >= 15 is 0 Å². The lowest BCUT2D eigenvalue weighted by Crippen LogP contribution is -2.07. The van der Waals surface area contributed by atoms with Crippen LogP contribution in [0.4, 0.5) is 0 Å². The number of unbranched alkanes of at least 4 members (excludes halogenated alkanes) is 5. The van der Waals surface area contributed by atoms with E-state index in [1.165, 1.54) is 77.0 Å². The zero-order chi connectivity index (χ0) is 15.2. The van der Waals surface area contributed by atoms with Gasteiger partial charge in [-0.3, -0.25) is 0 Å². The second-order valence-corrected chi connectivity index (χ2v) is 7.34. The molecule has 0 aliphatic rings. The molecule has 0 amide bonds. The van der Waals surface area contributed by atoms with E-state index in [1.54, 1.807) is 0 Å². The highest BCUT2D eigenvalue weighted by Gasteiger charge is 2.10. The van der Waals surface area contributed by atoms with Gasteiger partial charge in [0.25, 0.3) is 0 Å². The molecule has 0 aromatic carbocycles. The van der Waals surface area contributed by atoms with Crippen LogP contribution in [0, 0.1) is 17.8 Å². The molecule has 0 bridgehead atoms. The van der Waals surface area contributed by atoms with E-state index in [0.29, 0.717) is 0 Å². The molecule has 0 heteroatoms. The predicted molar refractivity (Wildman–Crippen MR) is 94.2 cm³/mol. The fraction of sp³-hybridized carbons (Fsp3) is 1.00. The van der Waals surface area contributed by atoms with Gasteiger partial charge in [-0.05, 0) is 17.8 Å². The van der Waals surface area contributed by atoms with Gasteiger partial charge in [0.1, 0.15) is 0 Å². The summed E-state index contributed by atoms with van der Waals surface area (Å²) in [5, 5.41) is 0. The van der Waals surface area contributed by atoms with E-state index in [0.717, 1.165) is 17.8 Å². The topological polar surface area (TPSA) is 0 Å². The first-order chi connectivity index (χ1) is 9.61. The third-order valence-corrected chi connectivity index (χ3v) is 5.12. The van der Waals surface area contributed by atoms with Gasteiger partial charge in [-0.25, -0.2) is 0 Å². The van der Waals surface area contributed by atoms with Crippen molar-refractivity contribution in [2.45, 2.75) is 112 Å². The Kier molecular flexibility index (Phi) is 14.0. The molecule has 0 aromatic rings. The van der Waals surface area contributed by atoms with E-state index in [1.807, 2.05) is 0 Å². The SMILES string of the molecule is CCCCC(C)CCCCCCCC(C)C(C)CCC. The van der Waals surface area contributed by atoms with Gasteiger partial charge in [-0.2, -0.15) is 0 Å². The summed E-state index contributed by atoms with van der Waals surface area (Å²) in [6.07, 6.45) is 17.2. The molecule has 3 atom stereocenters. The average molecular weight is 283 g/mol. The Labute approximate surface area is 130 Å². The number of hydrogen-bond donors (Lipinski definition) is 0. The summed E-state index contributed by atoms with van der Waals surface area (Å²) in [6.45, 7) is 11.9. The van der Waals surface area contributed by atoms with Gasteiger partial charge in [0.2, 0.25) is 0 Å². The Morgan fingerprint density at radius 1 is 0.500 bits per heavy atom. The summed E-state index contributed by atoms with van der Waals surface area (Å²) in [4.78, 5) is 0. The molecular formula is C20H42. The summed E-state index contributed by atoms with van der Waals surface area (Å²) in [6, 6.07) is 0. The van der Waals surface area contributed by atoms with Gasteiger partial charge in [0.15, 0.2) is 0 Å². The van der Waals surface area contributed by atoms with Crippen molar-refractivity contribution in [2.75, 3.05) is 0 Å². The first-order valence-corrected chi connectivity index (χ1v) is 9.61. The minimum Gasteiger partial charge on any atom is -0.0654 e. The predicted octanol–water partition coefficient (Wildman–Crippen LogP) is 7.62. The fourth-order valence-electron chi connectivity index (χ4n) is 3.21. The van der Waals surface area contributed by atoms with E-state index in [4.69, 9.17) is 0 Å². The summed E-state index contributed by atoms with van der Waals surface area (Å²) >= 11 is 0. The summed E-state index contributed by atoms with van der Waals surface area (Å²) < 4.78 is 0. The van der Waals surface area contributed by atoms with Gasteiger partial charge in [0, 0.05) is 0 Å². The normalized spacial score (nSPS) is 16.1. The maximum atomic E-state index is 2.45. The zero-order valence-electron chi connectivity index (χ0n) is 15.2. The van der Waals surface area contributed by atoms with E-state index < -0.39 is 0 Å². The molecule has 0 aliphatic heterocycles. The van der Waals surface area contributed by atoms with Crippen LogP contribution < -0.4 is 0 Å². The number of rotatable bonds is 14. The molecule has 0 aromatic heterocycles. The first-order valence-electron chi connectivity index (χ1n) is 9.61. The Morgan fingerprint density at radius 2 is 1.00 bits per heavy atom. The van der Waals surface area contributed by atoms with Crippen LogP contribution in [0.2, 0.25) is 0 Å². The van der Waals surface area contributed by atoms with E-state index in [9.17, 15) is 0 Å². The van der Waals surface area contributed by atoms with Gasteiger partial charge < -0.3 is 0 Å². The van der Waals surface area contributed by atoms with Gasteiger partial charge in [-0.1, -0.05) is 112 Å². The van der Waals surface area contributed by atoms with Crippen molar-refractivity contribution in [3.05, 3.63) is 0 Å². The summed E-state index contributed by atoms with van der Waals surface area (Å²) in [5.41, 5.74) is 0. The van der Waals surface area contributed by atoms with Crippen LogP contribution in [-0.4, -0.2) is 0 Å². The van der Waals surface area contributed by atoms with Gasteiger partial charge in [0.05, 0.1) is 0 Å². The fourth-order valence-corrected chi connectivity index (χ4v) is 3.21. The minimum atomic E-state index is 0.930. The summed E-state index contributed by atoms with van der Waals surface area (Å²) in [7, 11) is 0. The van der Waals surface area contributed by atoms with Crippen molar-refractivity contribution >= 4 is 0 Å². The molecule has 0 rings (SSSR count). The smallest absolute Gasteiger partial charge is 0.0417 e. The zero-order valence-corrected chi connectivity index (χ0v) is 15.2. The Bertz CT molecular complexity index is 184. The van der Waals surface area contributed by atoms with E-state index in [2.05, 4.69) is 34.6 Å². The van der Waals surface area contributed by atoms with Crippen LogP contribution in [0.3, 0.4) is 0 Å². The molecule has 3 unspecified atom stereocenters. The van der Waals surface area contributed by atoms with Crippen LogP contribution in [-0.2, 0) is 0 Å². The van der Waals surface area contributed by atoms with Crippen LogP contribution >= 0.6 is 0 Å². The largest absolute Gasteiger partial charge is 0.0654 e. The molecular weight excluding hydrogens is 240 g/mol. The van der Waals surface area contributed by atoms with Crippen LogP contribution in [0.5, 0.6) is 0 Å². The lowest BCUT2D eigenvalue weighted by Gasteiger charge is -2.19. The second kappa shape index (κ2) is 14.0. The third-order valence-electron chi connectivity index (χ3n) is 5.12. The first kappa shape index (κ1) is 20.0. The molecule has 0 aliphatic carbocycles. The molecule has 0 spiro atoms. The van der Waals surface area contributed by atoms with Gasteiger partial charge >= 0.3 is 0 Å². The third kappa shape index (κ3) is 11.8. The Hall–Kier alpha value is 0. The van der Waals surface area contributed by atoms with E-state index in [-0.39, 0.29) is 0 Å². The maximum Gasteiger partial charge on any atom is -0.0417 e. The van der Waals surface area contributed by atoms with Crippen LogP contribution in [0.25, 0.3) is 0 Å². The van der Waals surface area contributed by atoms with Crippen molar-refractivity contribution in [3.63, 3.8) is 0 Å². The van der Waals surface area contributed by atoms with Crippen molar-refractivity contribution in [1.82, 2.24) is 0 Å². The van der Waals surface area contributed by atoms with Crippen molar-refractivity contribution in [2.24, 2.45) is 17.8 Å². The standard InChI is InChI=1S/C20H42/c1-6-8-15-18(3)16-12-10-9-11-13-17-20(5)19(4)14-7-2/h18-20H,6-17H2,1-5H3. The Balaban J connectivity index is 3.31. The maximum absolute atomic E-state index is 2.45. The highest BCUT2D eigenvalue weighted by atomic mass is 14.2. The lowest BCUT2D eigenvalue weighted by molar-refractivity contribution is 0.329. The van der Waals surface area contributed by atoms with Crippen molar-refractivity contribution < 1.29 is 0 Å². The minimum absolute atomic E-state index is 0.930. The molecule has 0 N–H and O–H groups in total. The highest BCUT2D eigenvalue weighted by Crippen LogP contribution is 2.23. The van der Waals surface area contributed by atoms with Gasteiger partial charge in [-0.15, -0.1) is 0 Å².